The monoisotopic (exact) mass is 329 g/mol. The maximum atomic E-state index is 10.8. The molecule has 2 heterocycles. The number of pyridine rings is 1. The highest BCUT2D eigenvalue weighted by atomic mass is 79.9. The number of hydrogen-bond donors (Lipinski definition) is 0. The largest absolute Gasteiger partial charge is 0.477 e. The maximum Gasteiger partial charge on any atom is 0.406 e. The summed E-state index contributed by atoms with van der Waals surface area (Å²) in [5.74, 6) is -0.162. The highest BCUT2D eigenvalue weighted by molar-refractivity contribution is 9.10. The fourth-order valence-corrected chi connectivity index (χ4v) is 2.19. The van der Waals surface area contributed by atoms with Crippen molar-refractivity contribution in [3.05, 3.63) is 44.0 Å². The van der Waals surface area contributed by atoms with Crippen LogP contribution >= 0.6 is 27.5 Å². The molecule has 1 atom stereocenters. The number of rotatable bonds is 4. The molecule has 1 unspecified atom stereocenters. The molecule has 0 aliphatic heterocycles. The number of nitrogens with zero attached hydrogens (tertiary/aromatic N) is 3. The van der Waals surface area contributed by atoms with Crippen LogP contribution in [-0.2, 0) is 0 Å². The summed E-state index contributed by atoms with van der Waals surface area (Å²) in [6.07, 6.45) is 2.71. The van der Waals surface area contributed by atoms with Gasteiger partial charge < -0.3 is 14.9 Å². The Hall–Kier alpha value is -1.54. The highest BCUT2D eigenvalue weighted by Crippen LogP contribution is 2.32. The minimum atomic E-state index is -0.568. The summed E-state index contributed by atoms with van der Waals surface area (Å²) in [4.78, 5) is 14.9. The van der Waals surface area contributed by atoms with Crippen LogP contribution in [0.4, 0.5) is 5.82 Å². The molecule has 2 aromatic rings. The maximum absolute atomic E-state index is 10.8. The van der Waals surface area contributed by atoms with E-state index in [0.717, 1.165) is 4.88 Å². The Morgan fingerprint density at radius 1 is 1.61 bits per heavy atom. The van der Waals surface area contributed by atoms with Gasteiger partial charge in [-0.05, 0) is 50.4 Å². The second-order valence-electron chi connectivity index (χ2n) is 3.41. The molecular formula is C10H8BrN3O3S. The molecule has 94 valence electrons. The van der Waals surface area contributed by atoms with Gasteiger partial charge in [0.25, 0.3) is 0 Å². The molecule has 2 rings (SSSR count). The lowest BCUT2D eigenvalue weighted by Crippen LogP contribution is -2.04. The lowest BCUT2D eigenvalue weighted by atomic mass is 10.3. The zero-order chi connectivity index (χ0) is 13.1. The van der Waals surface area contributed by atoms with Gasteiger partial charge in [-0.1, -0.05) is 0 Å². The standard InChI is InChI=1S/C10H8BrN3O3S/c1-6(9-2-3-13-18-9)17-8-4-7(11)5-12-10(8)14(15)16/h2-6H,1H3. The Labute approximate surface area is 115 Å². The zero-order valence-corrected chi connectivity index (χ0v) is 11.6. The number of aromatic nitrogens is 2. The zero-order valence-electron chi connectivity index (χ0n) is 9.24. The van der Waals surface area contributed by atoms with Gasteiger partial charge in [-0.2, -0.15) is 0 Å². The summed E-state index contributed by atoms with van der Waals surface area (Å²) >= 11 is 4.50. The van der Waals surface area contributed by atoms with Crippen LogP contribution in [0, 0.1) is 10.1 Å². The summed E-state index contributed by atoms with van der Waals surface area (Å²) in [7, 11) is 0. The number of hydrogen-bond acceptors (Lipinski definition) is 6. The van der Waals surface area contributed by atoms with Crippen molar-refractivity contribution in [2.45, 2.75) is 13.0 Å². The molecule has 0 aliphatic rings. The second-order valence-corrected chi connectivity index (χ2v) is 5.19. The van der Waals surface area contributed by atoms with E-state index in [1.807, 2.05) is 6.07 Å². The molecule has 2 aromatic heterocycles. The smallest absolute Gasteiger partial charge is 0.406 e. The van der Waals surface area contributed by atoms with Crippen LogP contribution in [0.15, 0.2) is 29.0 Å². The van der Waals surface area contributed by atoms with Crippen LogP contribution in [0.3, 0.4) is 0 Å². The third kappa shape index (κ3) is 2.82. The van der Waals surface area contributed by atoms with Crippen molar-refractivity contribution in [1.29, 1.82) is 0 Å². The van der Waals surface area contributed by atoms with E-state index in [0.29, 0.717) is 4.47 Å². The van der Waals surface area contributed by atoms with Crippen molar-refractivity contribution in [3.63, 3.8) is 0 Å². The lowest BCUT2D eigenvalue weighted by Gasteiger charge is -2.12. The third-order valence-electron chi connectivity index (χ3n) is 2.13. The van der Waals surface area contributed by atoms with Gasteiger partial charge in [-0.3, -0.25) is 0 Å². The summed E-state index contributed by atoms with van der Waals surface area (Å²) in [5.41, 5.74) is 0. The minimum absolute atomic E-state index is 0.135. The normalized spacial score (nSPS) is 12.1. The van der Waals surface area contributed by atoms with Crippen molar-refractivity contribution < 1.29 is 9.66 Å². The molecule has 0 aromatic carbocycles. The van der Waals surface area contributed by atoms with Crippen molar-refractivity contribution in [3.8, 4) is 5.75 Å². The van der Waals surface area contributed by atoms with Crippen molar-refractivity contribution in [2.24, 2.45) is 0 Å². The SMILES string of the molecule is CC(Oc1cc(Br)cnc1[N+](=O)[O-])c1ccns1. The fourth-order valence-electron chi connectivity index (χ4n) is 1.32. The summed E-state index contributed by atoms with van der Waals surface area (Å²) in [5, 5.41) is 10.8. The van der Waals surface area contributed by atoms with Crippen LogP contribution in [0.1, 0.15) is 17.9 Å². The van der Waals surface area contributed by atoms with Crippen LogP contribution in [0.25, 0.3) is 0 Å². The molecule has 0 fully saturated rings. The molecule has 18 heavy (non-hydrogen) atoms. The van der Waals surface area contributed by atoms with E-state index in [1.54, 1.807) is 13.1 Å². The number of halogens is 1. The number of nitro groups is 1. The first kappa shape index (κ1) is 12.9. The van der Waals surface area contributed by atoms with Crippen LogP contribution in [0.5, 0.6) is 5.75 Å². The van der Waals surface area contributed by atoms with Gasteiger partial charge in [-0.25, -0.2) is 4.37 Å². The Balaban J connectivity index is 2.28. The minimum Gasteiger partial charge on any atom is -0.477 e. The van der Waals surface area contributed by atoms with Crippen LogP contribution < -0.4 is 4.74 Å². The van der Waals surface area contributed by atoms with Crippen molar-refractivity contribution >= 4 is 33.3 Å². The molecular weight excluding hydrogens is 322 g/mol. The first-order valence-corrected chi connectivity index (χ1v) is 6.51. The fraction of sp³-hybridized carbons (Fsp3) is 0.200. The molecule has 0 aliphatic carbocycles. The summed E-state index contributed by atoms with van der Waals surface area (Å²) in [6, 6.07) is 3.34. The Kier molecular flexibility index (Phi) is 3.87. The predicted molar refractivity (Wildman–Crippen MR) is 69.7 cm³/mol. The molecule has 0 saturated carbocycles. The van der Waals surface area contributed by atoms with Crippen LogP contribution in [0.2, 0.25) is 0 Å². The average molecular weight is 330 g/mol. The van der Waals surface area contributed by atoms with Gasteiger partial charge in [0.15, 0.2) is 6.20 Å². The lowest BCUT2D eigenvalue weighted by molar-refractivity contribution is -0.390. The first-order chi connectivity index (χ1) is 8.58. The predicted octanol–water partition coefficient (Wildman–Crippen LogP) is 3.35. The molecule has 0 bridgehead atoms. The third-order valence-corrected chi connectivity index (χ3v) is 3.47. The first-order valence-electron chi connectivity index (χ1n) is 4.95. The van der Waals surface area contributed by atoms with Gasteiger partial charge in [0.2, 0.25) is 5.75 Å². The van der Waals surface area contributed by atoms with Gasteiger partial charge in [-0.15, -0.1) is 0 Å². The highest BCUT2D eigenvalue weighted by Gasteiger charge is 2.20. The van der Waals surface area contributed by atoms with Gasteiger partial charge >= 0.3 is 5.82 Å². The second kappa shape index (κ2) is 5.40. The molecule has 0 spiro atoms. The Bertz CT molecular complexity index is 562. The molecule has 0 saturated heterocycles. The van der Waals surface area contributed by atoms with Crippen LogP contribution in [-0.4, -0.2) is 14.3 Å². The van der Waals surface area contributed by atoms with E-state index in [1.165, 1.54) is 23.8 Å². The van der Waals surface area contributed by atoms with Gasteiger partial charge in [0.1, 0.15) is 6.10 Å². The van der Waals surface area contributed by atoms with E-state index in [9.17, 15) is 10.1 Å². The Morgan fingerprint density at radius 3 is 3.00 bits per heavy atom. The van der Waals surface area contributed by atoms with E-state index in [4.69, 9.17) is 4.74 Å². The molecule has 0 N–H and O–H groups in total. The molecule has 0 amide bonds. The van der Waals surface area contributed by atoms with Crippen molar-refractivity contribution in [2.75, 3.05) is 0 Å². The van der Waals surface area contributed by atoms with E-state index < -0.39 is 4.92 Å². The summed E-state index contributed by atoms with van der Waals surface area (Å²) < 4.78 is 10.2. The van der Waals surface area contributed by atoms with Gasteiger partial charge in [0, 0.05) is 12.3 Å². The number of ether oxygens (including phenoxy) is 1. The average Bonchev–Trinajstić information content (AvgIpc) is 2.81. The van der Waals surface area contributed by atoms with E-state index in [-0.39, 0.29) is 17.7 Å². The van der Waals surface area contributed by atoms with Crippen molar-refractivity contribution in [1.82, 2.24) is 9.36 Å². The van der Waals surface area contributed by atoms with E-state index >= 15 is 0 Å². The summed E-state index contributed by atoms with van der Waals surface area (Å²) in [6.45, 7) is 1.80. The molecule has 6 nitrogen and oxygen atoms in total. The quantitative estimate of drug-likeness (QED) is 0.634. The Morgan fingerprint density at radius 2 is 2.39 bits per heavy atom. The topological polar surface area (TPSA) is 78.2 Å². The molecule has 0 radical (unpaired) electrons. The van der Waals surface area contributed by atoms with E-state index in [2.05, 4.69) is 25.3 Å². The van der Waals surface area contributed by atoms with Gasteiger partial charge in [0.05, 0.1) is 9.35 Å². The molecule has 8 heteroatoms.